The predicted molar refractivity (Wildman–Crippen MR) is 73.1 cm³/mol. The van der Waals surface area contributed by atoms with Crippen LogP contribution in [0, 0.1) is 13.8 Å². The summed E-state index contributed by atoms with van der Waals surface area (Å²) in [7, 11) is 0. The van der Waals surface area contributed by atoms with Crippen LogP contribution in [0.3, 0.4) is 0 Å². The standard InChI is InChI=1S/C14H16ClNO/c1-7(2)11-9(4)16-13-10(15)6-5-8(3)12(13)14(11)17/h5-7H,1-4H3,(H,16,17). The highest BCUT2D eigenvalue weighted by Gasteiger charge is 2.15. The van der Waals surface area contributed by atoms with Gasteiger partial charge in [-0.1, -0.05) is 31.5 Å². The monoisotopic (exact) mass is 249 g/mol. The van der Waals surface area contributed by atoms with Gasteiger partial charge >= 0.3 is 0 Å². The van der Waals surface area contributed by atoms with E-state index in [-0.39, 0.29) is 11.3 Å². The largest absolute Gasteiger partial charge is 0.357 e. The van der Waals surface area contributed by atoms with Crippen molar-refractivity contribution in [2.75, 3.05) is 0 Å². The van der Waals surface area contributed by atoms with Gasteiger partial charge in [-0.15, -0.1) is 0 Å². The summed E-state index contributed by atoms with van der Waals surface area (Å²) >= 11 is 6.13. The van der Waals surface area contributed by atoms with Crippen molar-refractivity contribution in [1.29, 1.82) is 0 Å². The molecule has 0 bridgehead atoms. The molecule has 1 aromatic carbocycles. The zero-order chi connectivity index (χ0) is 12.7. The van der Waals surface area contributed by atoms with Crippen molar-refractivity contribution in [2.45, 2.75) is 33.6 Å². The normalized spacial score (nSPS) is 11.4. The van der Waals surface area contributed by atoms with Crippen LogP contribution in [0.2, 0.25) is 5.02 Å². The number of aromatic nitrogens is 1. The van der Waals surface area contributed by atoms with Crippen LogP contribution in [-0.2, 0) is 0 Å². The summed E-state index contributed by atoms with van der Waals surface area (Å²) in [6.07, 6.45) is 0. The SMILES string of the molecule is Cc1[nH]c2c(Cl)ccc(C)c2c(=O)c1C(C)C. The number of pyridine rings is 1. The summed E-state index contributed by atoms with van der Waals surface area (Å²) in [4.78, 5) is 15.7. The number of aryl methyl sites for hydroxylation is 2. The Bertz CT molecular complexity index is 641. The molecule has 0 atom stereocenters. The first kappa shape index (κ1) is 12.2. The summed E-state index contributed by atoms with van der Waals surface area (Å²) < 4.78 is 0. The van der Waals surface area contributed by atoms with Crippen molar-refractivity contribution >= 4 is 22.5 Å². The van der Waals surface area contributed by atoms with Gasteiger partial charge in [-0.2, -0.15) is 0 Å². The van der Waals surface area contributed by atoms with Crippen molar-refractivity contribution < 1.29 is 0 Å². The minimum Gasteiger partial charge on any atom is -0.357 e. The lowest BCUT2D eigenvalue weighted by atomic mass is 9.97. The van der Waals surface area contributed by atoms with E-state index >= 15 is 0 Å². The van der Waals surface area contributed by atoms with Crippen molar-refractivity contribution in [1.82, 2.24) is 4.98 Å². The number of hydrogen-bond donors (Lipinski definition) is 1. The van der Waals surface area contributed by atoms with Crippen LogP contribution in [0.1, 0.15) is 36.6 Å². The van der Waals surface area contributed by atoms with Gasteiger partial charge < -0.3 is 4.98 Å². The summed E-state index contributed by atoms with van der Waals surface area (Å²) in [5.41, 5.74) is 3.57. The molecule has 1 N–H and O–H groups in total. The van der Waals surface area contributed by atoms with Gasteiger partial charge in [-0.05, 0) is 31.4 Å². The number of halogens is 1. The zero-order valence-electron chi connectivity index (χ0n) is 10.5. The first-order valence-corrected chi connectivity index (χ1v) is 6.13. The Morgan fingerprint density at radius 3 is 2.47 bits per heavy atom. The van der Waals surface area contributed by atoms with Gasteiger partial charge in [-0.25, -0.2) is 0 Å². The van der Waals surface area contributed by atoms with Gasteiger partial charge in [0, 0.05) is 11.3 Å². The number of benzene rings is 1. The second-order valence-electron chi connectivity index (χ2n) is 4.76. The smallest absolute Gasteiger partial charge is 0.193 e. The molecule has 0 radical (unpaired) electrons. The molecule has 17 heavy (non-hydrogen) atoms. The second kappa shape index (κ2) is 4.19. The lowest BCUT2D eigenvalue weighted by Crippen LogP contribution is -2.15. The second-order valence-corrected chi connectivity index (χ2v) is 5.17. The Balaban J connectivity index is 3.03. The molecule has 1 aromatic heterocycles. The number of H-pyrrole nitrogens is 1. The van der Waals surface area contributed by atoms with E-state index in [9.17, 15) is 4.79 Å². The van der Waals surface area contributed by atoms with E-state index in [1.165, 1.54) is 0 Å². The van der Waals surface area contributed by atoms with E-state index in [2.05, 4.69) is 4.98 Å². The Labute approximate surface area is 106 Å². The van der Waals surface area contributed by atoms with Crippen molar-refractivity contribution in [3.05, 3.63) is 44.2 Å². The first-order chi connectivity index (χ1) is 7.93. The predicted octanol–water partition coefficient (Wildman–Crippen LogP) is 3.92. The molecule has 90 valence electrons. The van der Waals surface area contributed by atoms with Crippen LogP contribution >= 0.6 is 11.6 Å². The van der Waals surface area contributed by atoms with Crippen molar-refractivity contribution in [3.8, 4) is 0 Å². The van der Waals surface area contributed by atoms with Gasteiger partial charge in [0.2, 0.25) is 0 Å². The van der Waals surface area contributed by atoms with Crippen molar-refractivity contribution in [2.24, 2.45) is 0 Å². The van der Waals surface area contributed by atoms with Crippen LogP contribution in [0.5, 0.6) is 0 Å². The van der Waals surface area contributed by atoms with Gasteiger partial charge in [-0.3, -0.25) is 4.79 Å². The Morgan fingerprint density at radius 2 is 1.88 bits per heavy atom. The number of aromatic amines is 1. The average molecular weight is 250 g/mol. The minimum absolute atomic E-state index is 0.103. The maximum atomic E-state index is 12.5. The molecule has 0 spiro atoms. The minimum atomic E-state index is 0.103. The van der Waals surface area contributed by atoms with Gasteiger partial charge in [0.05, 0.1) is 15.9 Å². The lowest BCUT2D eigenvalue weighted by Gasteiger charge is -2.12. The van der Waals surface area contributed by atoms with Crippen LogP contribution in [0.4, 0.5) is 0 Å². The average Bonchev–Trinajstić information content (AvgIpc) is 2.22. The maximum Gasteiger partial charge on any atom is 0.193 e. The third-order valence-corrected chi connectivity index (χ3v) is 3.44. The first-order valence-electron chi connectivity index (χ1n) is 5.75. The van der Waals surface area contributed by atoms with Gasteiger partial charge in [0.25, 0.3) is 0 Å². The van der Waals surface area contributed by atoms with E-state index in [0.29, 0.717) is 10.4 Å². The quantitative estimate of drug-likeness (QED) is 0.816. The molecule has 2 rings (SSSR count). The van der Waals surface area contributed by atoms with E-state index in [1.54, 1.807) is 0 Å². The highest BCUT2D eigenvalue weighted by Crippen LogP contribution is 2.25. The molecular formula is C14H16ClNO. The molecular weight excluding hydrogens is 234 g/mol. The molecule has 0 aliphatic carbocycles. The third-order valence-electron chi connectivity index (χ3n) is 3.13. The molecule has 0 fully saturated rings. The molecule has 1 heterocycles. The summed E-state index contributed by atoms with van der Waals surface area (Å²) in [6, 6.07) is 3.71. The topological polar surface area (TPSA) is 32.9 Å². The number of fused-ring (bicyclic) bond motifs is 1. The molecule has 0 saturated carbocycles. The van der Waals surface area contributed by atoms with Gasteiger partial charge in [0.1, 0.15) is 0 Å². The maximum absolute atomic E-state index is 12.5. The summed E-state index contributed by atoms with van der Waals surface area (Å²) in [6.45, 7) is 7.93. The fraction of sp³-hybridized carbons (Fsp3) is 0.357. The Morgan fingerprint density at radius 1 is 1.24 bits per heavy atom. The molecule has 2 nitrogen and oxygen atoms in total. The molecule has 0 unspecified atom stereocenters. The van der Waals surface area contributed by atoms with Crippen LogP contribution in [0.25, 0.3) is 10.9 Å². The Kier molecular flexibility index (Phi) is 3.00. The zero-order valence-corrected chi connectivity index (χ0v) is 11.3. The van der Waals surface area contributed by atoms with Gasteiger partial charge in [0.15, 0.2) is 5.43 Å². The molecule has 0 saturated heterocycles. The van der Waals surface area contributed by atoms with E-state index in [1.807, 2.05) is 39.8 Å². The molecule has 0 aliphatic heterocycles. The molecule has 2 aromatic rings. The highest BCUT2D eigenvalue weighted by atomic mass is 35.5. The third kappa shape index (κ3) is 1.87. The summed E-state index contributed by atoms with van der Waals surface area (Å²) in [5, 5.41) is 1.31. The van der Waals surface area contributed by atoms with Crippen LogP contribution < -0.4 is 5.43 Å². The van der Waals surface area contributed by atoms with E-state index in [0.717, 1.165) is 22.3 Å². The van der Waals surface area contributed by atoms with E-state index in [4.69, 9.17) is 11.6 Å². The van der Waals surface area contributed by atoms with Crippen LogP contribution in [0.15, 0.2) is 16.9 Å². The molecule has 0 aliphatic rings. The number of hydrogen-bond acceptors (Lipinski definition) is 1. The number of nitrogens with one attached hydrogen (secondary N) is 1. The van der Waals surface area contributed by atoms with Crippen LogP contribution in [-0.4, -0.2) is 4.98 Å². The summed E-state index contributed by atoms with van der Waals surface area (Å²) in [5.74, 6) is 0.210. The fourth-order valence-electron chi connectivity index (χ4n) is 2.35. The highest BCUT2D eigenvalue weighted by molar-refractivity contribution is 6.35. The van der Waals surface area contributed by atoms with Crippen molar-refractivity contribution in [3.63, 3.8) is 0 Å². The number of rotatable bonds is 1. The Hall–Kier alpha value is -1.28. The fourth-order valence-corrected chi connectivity index (χ4v) is 2.56. The molecule has 3 heteroatoms. The molecule has 0 amide bonds. The van der Waals surface area contributed by atoms with E-state index < -0.39 is 0 Å². The lowest BCUT2D eigenvalue weighted by molar-refractivity contribution is 0.838.